The molecule has 0 aliphatic carbocycles. The summed E-state index contributed by atoms with van der Waals surface area (Å²) in [5.41, 5.74) is 0.192. The van der Waals surface area contributed by atoms with Crippen molar-refractivity contribution in [3.63, 3.8) is 0 Å². The number of nitrogens with one attached hydrogen (secondary N) is 2. The van der Waals surface area contributed by atoms with E-state index in [0.29, 0.717) is 5.69 Å². The number of H-pyrrole nitrogens is 1. The van der Waals surface area contributed by atoms with Gasteiger partial charge in [0.15, 0.2) is 0 Å². The number of anilines is 2. The molecule has 2 aromatic heterocycles. The SMILES string of the molecule is CC(CN1CCN(c2ccccn2)CC1)Nc1cn[nH]c(=O)c1Cl. The van der Waals surface area contributed by atoms with E-state index in [4.69, 9.17) is 11.6 Å². The van der Waals surface area contributed by atoms with Gasteiger partial charge in [0.1, 0.15) is 10.8 Å². The smallest absolute Gasteiger partial charge is 0.285 e. The summed E-state index contributed by atoms with van der Waals surface area (Å²) in [6.07, 6.45) is 3.37. The number of halogens is 1. The van der Waals surface area contributed by atoms with Gasteiger partial charge in [0.25, 0.3) is 5.56 Å². The molecule has 1 unspecified atom stereocenters. The van der Waals surface area contributed by atoms with Crippen molar-refractivity contribution in [3.8, 4) is 0 Å². The number of aromatic amines is 1. The van der Waals surface area contributed by atoms with Crippen LogP contribution in [0.4, 0.5) is 11.5 Å². The molecule has 2 aromatic rings. The summed E-state index contributed by atoms with van der Waals surface area (Å²) in [5, 5.41) is 9.50. The Morgan fingerprint density at radius 3 is 2.83 bits per heavy atom. The number of nitrogens with zero attached hydrogens (tertiary/aromatic N) is 4. The number of hydrogen-bond acceptors (Lipinski definition) is 6. The summed E-state index contributed by atoms with van der Waals surface area (Å²) in [4.78, 5) is 20.6. The van der Waals surface area contributed by atoms with Crippen LogP contribution in [0.1, 0.15) is 6.92 Å². The van der Waals surface area contributed by atoms with Crippen molar-refractivity contribution >= 4 is 23.1 Å². The number of pyridine rings is 1. The molecule has 128 valence electrons. The van der Waals surface area contributed by atoms with Crippen LogP contribution < -0.4 is 15.8 Å². The zero-order chi connectivity index (χ0) is 16.9. The van der Waals surface area contributed by atoms with Crippen molar-refractivity contribution in [1.82, 2.24) is 20.1 Å². The highest BCUT2D eigenvalue weighted by molar-refractivity contribution is 6.32. The van der Waals surface area contributed by atoms with E-state index >= 15 is 0 Å². The predicted octanol–water partition coefficient (Wildman–Crippen LogP) is 1.44. The molecule has 24 heavy (non-hydrogen) atoms. The Balaban J connectivity index is 1.51. The molecule has 2 N–H and O–H groups in total. The minimum absolute atomic E-state index is 0.150. The molecule has 1 fully saturated rings. The van der Waals surface area contributed by atoms with Gasteiger partial charge in [0.05, 0.1) is 11.9 Å². The first-order valence-electron chi connectivity index (χ1n) is 8.01. The standard InChI is InChI=1S/C16H21ClN6O/c1-12(20-13-10-19-21-16(24)15(13)17)11-22-6-8-23(9-7-22)14-4-2-3-5-18-14/h2-5,10,12H,6-9,11H2,1H3,(H2,20,21,24). The van der Waals surface area contributed by atoms with E-state index < -0.39 is 0 Å². The van der Waals surface area contributed by atoms with E-state index in [0.717, 1.165) is 38.5 Å². The van der Waals surface area contributed by atoms with Crippen molar-refractivity contribution in [2.24, 2.45) is 0 Å². The molecule has 7 nitrogen and oxygen atoms in total. The van der Waals surface area contributed by atoms with Crippen LogP contribution in [0, 0.1) is 0 Å². The van der Waals surface area contributed by atoms with Crippen molar-refractivity contribution in [3.05, 3.63) is 46.0 Å². The Labute approximate surface area is 145 Å². The van der Waals surface area contributed by atoms with Gasteiger partial charge in [-0.05, 0) is 19.1 Å². The molecule has 1 aliphatic heterocycles. The van der Waals surface area contributed by atoms with Gasteiger partial charge in [-0.25, -0.2) is 10.1 Å². The first-order valence-corrected chi connectivity index (χ1v) is 8.39. The highest BCUT2D eigenvalue weighted by Gasteiger charge is 2.19. The summed E-state index contributed by atoms with van der Waals surface area (Å²) in [6, 6.07) is 6.15. The lowest BCUT2D eigenvalue weighted by molar-refractivity contribution is 0.250. The molecule has 1 saturated heterocycles. The van der Waals surface area contributed by atoms with E-state index in [1.807, 2.05) is 24.4 Å². The van der Waals surface area contributed by atoms with Gasteiger partial charge < -0.3 is 10.2 Å². The monoisotopic (exact) mass is 348 g/mol. The molecule has 0 amide bonds. The number of piperazine rings is 1. The largest absolute Gasteiger partial charge is 0.379 e. The Kier molecular flexibility index (Phi) is 5.32. The van der Waals surface area contributed by atoms with E-state index in [1.165, 1.54) is 0 Å². The van der Waals surface area contributed by atoms with Gasteiger partial charge in [-0.15, -0.1) is 0 Å². The third-order valence-electron chi connectivity index (χ3n) is 4.08. The quantitative estimate of drug-likeness (QED) is 0.851. The van der Waals surface area contributed by atoms with Crippen molar-refractivity contribution in [2.75, 3.05) is 42.9 Å². The summed E-state index contributed by atoms with van der Waals surface area (Å²) < 4.78 is 0. The Bertz CT molecular complexity index is 714. The van der Waals surface area contributed by atoms with E-state index in [2.05, 4.69) is 37.2 Å². The fourth-order valence-electron chi connectivity index (χ4n) is 2.88. The fraction of sp³-hybridized carbons (Fsp3) is 0.438. The Morgan fingerprint density at radius 1 is 1.33 bits per heavy atom. The molecular weight excluding hydrogens is 328 g/mol. The van der Waals surface area contributed by atoms with Gasteiger partial charge >= 0.3 is 0 Å². The molecule has 1 aliphatic rings. The second-order valence-corrected chi connectivity index (χ2v) is 6.33. The maximum Gasteiger partial charge on any atom is 0.285 e. The average Bonchev–Trinajstić information content (AvgIpc) is 2.60. The molecule has 1 atom stereocenters. The van der Waals surface area contributed by atoms with Crippen LogP contribution >= 0.6 is 11.6 Å². The van der Waals surface area contributed by atoms with Gasteiger partial charge in [0.2, 0.25) is 0 Å². The van der Waals surface area contributed by atoms with Crippen LogP contribution in [0.3, 0.4) is 0 Å². The van der Waals surface area contributed by atoms with Crippen LogP contribution in [-0.2, 0) is 0 Å². The van der Waals surface area contributed by atoms with Crippen molar-refractivity contribution in [2.45, 2.75) is 13.0 Å². The van der Waals surface area contributed by atoms with E-state index in [1.54, 1.807) is 6.20 Å². The predicted molar refractivity (Wildman–Crippen MR) is 95.8 cm³/mol. The lowest BCUT2D eigenvalue weighted by Gasteiger charge is -2.36. The molecule has 0 saturated carbocycles. The van der Waals surface area contributed by atoms with Crippen LogP contribution in [0.5, 0.6) is 0 Å². The molecule has 0 aromatic carbocycles. The highest BCUT2D eigenvalue weighted by atomic mass is 35.5. The molecule has 8 heteroatoms. The number of hydrogen-bond donors (Lipinski definition) is 2. The fourth-order valence-corrected chi connectivity index (χ4v) is 3.03. The number of aromatic nitrogens is 3. The summed E-state index contributed by atoms with van der Waals surface area (Å²) >= 11 is 5.99. The molecule has 0 spiro atoms. The normalized spacial score (nSPS) is 16.8. The van der Waals surface area contributed by atoms with E-state index in [-0.39, 0.29) is 16.6 Å². The lowest BCUT2D eigenvalue weighted by atomic mass is 10.2. The van der Waals surface area contributed by atoms with Gasteiger partial charge in [-0.2, -0.15) is 5.10 Å². The van der Waals surface area contributed by atoms with Crippen molar-refractivity contribution < 1.29 is 0 Å². The van der Waals surface area contributed by atoms with Crippen LogP contribution in [0.25, 0.3) is 0 Å². The molecular formula is C16H21ClN6O. The van der Waals surface area contributed by atoms with Gasteiger partial charge in [0, 0.05) is 45.0 Å². The second-order valence-electron chi connectivity index (χ2n) is 5.95. The number of rotatable bonds is 5. The van der Waals surface area contributed by atoms with Gasteiger partial charge in [-0.3, -0.25) is 9.69 Å². The van der Waals surface area contributed by atoms with Gasteiger partial charge in [-0.1, -0.05) is 17.7 Å². The zero-order valence-corrected chi connectivity index (χ0v) is 14.3. The minimum Gasteiger partial charge on any atom is -0.379 e. The van der Waals surface area contributed by atoms with Crippen LogP contribution in [-0.4, -0.2) is 58.8 Å². The Hall–Kier alpha value is -2.12. The minimum atomic E-state index is -0.377. The second kappa shape index (κ2) is 7.63. The first-order chi connectivity index (χ1) is 11.6. The lowest BCUT2D eigenvalue weighted by Crippen LogP contribution is -2.49. The molecule has 0 radical (unpaired) electrons. The third kappa shape index (κ3) is 4.04. The molecule has 3 heterocycles. The maximum absolute atomic E-state index is 11.5. The summed E-state index contributed by atoms with van der Waals surface area (Å²) in [5.74, 6) is 1.03. The maximum atomic E-state index is 11.5. The molecule has 0 bridgehead atoms. The topological polar surface area (TPSA) is 77.2 Å². The van der Waals surface area contributed by atoms with Crippen LogP contribution in [0.2, 0.25) is 5.02 Å². The van der Waals surface area contributed by atoms with E-state index in [9.17, 15) is 4.79 Å². The summed E-state index contributed by atoms with van der Waals surface area (Å²) in [6.45, 7) is 6.81. The summed E-state index contributed by atoms with van der Waals surface area (Å²) in [7, 11) is 0. The average molecular weight is 349 g/mol. The first kappa shape index (κ1) is 16.7. The zero-order valence-electron chi connectivity index (χ0n) is 13.6. The van der Waals surface area contributed by atoms with Crippen LogP contribution in [0.15, 0.2) is 35.4 Å². The highest BCUT2D eigenvalue weighted by Crippen LogP contribution is 2.17. The Morgan fingerprint density at radius 2 is 2.12 bits per heavy atom. The molecule has 3 rings (SSSR count). The van der Waals surface area contributed by atoms with Crippen molar-refractivity contribution in [1.29, 1.82) is 0 Å². The third-order valence-corrected chi connectivity index (χ3v) is 4.45.